The fourth-order valence-electron chi connectivity index (χ4n) is 7.14. The van der Waals surface area contributed by atoms with Crippen molar-refractivity contribution >= 4 is 34.7 Å². The number of hydrogen-bond donors (Lipinski definition) is 0. The lowest BCUT2D eigenvalue weighted by Crippen LogP contribution is -3.00. The molecule has 0 bridgehead atoms. The zero-order chi connectivity index (χ0) is 30.2. The molecule has 0 spiro atoms. The summed E-state index contributed by atoms with van der Waals surface area (Å²) < 4.78 is 6.26. The van der Waals surface area contributed by atoms with Gasteiger partial charge in [-0.2, -0.15) is 0 Å². The van der Waals surface area contributed by atoms with Gasteiger partial charge < -0.3 is 21.7 Å². The highest BCUT2D eigenvalue weighted by Gasteiger charge is 2.44. The molecule has 2 aliphatic rings. The van der Waals surface area contributed by atoms with Gasteiger partial charge >= 0.3 is 0 Å². The Hall–Kier alpha value is -3.33. The molecule has 0 N–H and O–H groups in total. The molecule has 5 heteroatoms. The lowest BCUT2D eigenvalue weighted by molar-refractivity contribution is -0.0000227. The van der Waals surface area contributed by atoms with E-state index in [1.807, 2.05) is 12.1 Å². The number of rotatable bonds is 12. The molecule has 3 nitrogen and oxygen atoms in total. The molecule has 0 amide bonds. The van der Waals surface area contributed by atoms with Crippen molar-refractivity contribution in [2.75, 3.05) is 12.8 Å². The number of ether oxygens (including phenoxy) is 1. The van der Waals surface area contributed by atoms with E-state index in [0.29, 0.717) is 29.1 Å². The molecule has 0 unspecified atom stereocenters. The van der Waals surface area contributed by atoms with Gasteiger partial charge in [-0.15, -0.1) is 0 Å². The second-order valence-electron chi connectivity index (χ2n) is 12.1. The highest BCUT2D eigenvalue weighted by molar-refractivity contribution is 7.95. The van der Waals surface area contributed by atoms with Gasteiger partial charge in [-0.1, -0.05) is 98.1 Å². The number of hydrogen-bond acceptors (Lipinski definition) is 3. The van der Waals surface area contributed by atoms with E-state index in [0.717, 1.165) is 57.5 Å². The molecule has 0 radical (unpaired) electrons. The van der Waals surface area contributed by atoms with Gasteiger partial charge in [-0.05, 0) is 80.8 Å². The maximum atomic E-state index is 13.6. The highest BCUT2D eigenvalue weighted by Crippen LogP contribution is 2.56. The van der Waals surface area contributed by atoms with Crippen LogP contribution in [0.5, 0.6) is 0 Å². The van der Waals surface area contributed by atoms with Crippen molar-refractivity contribution in [3.8, 4) is 0 Å². The smallest absolute Gasteiger partial charge is 0.228 e. The SMILES string of the molecule is O=C1C(OCCCCCC[P+](c2ccccc2)(c2ccccc2)c2ccccc2)=C(C2CCCCC2)C(=O)c2ccccc21.[Br-]. The number of halogens is 1. The third kappa shape index (κ3) is 7.08. The molecule has 0 atom stereocenters. The van der Waals surface area contributed by atoms with Crippen LogP contribution in [0.4, 0.5) is 0 Å². The van der Waals surface area contributed by atoms with E-state index < -0.39 is 7.26 Å². The van der Waals surface area contributed by atoms with Gasteiger partial charge in [0.25, 0.3) is 0 Å². The average Bonchev–Trinajstić information content (AvgIpc) is 3.10. The van der Waals surface area contributed by atoms with Crippen molar-refractivity contribution in [2.45, 2.75) is 57.8 Å². The Morgan fingerprint density at radius 2 is 1.02 bits per heavy atom. The summed E-state index contributed by atoms with van der Waals surface area (Å²) in [6, 6.07) is 40.4. The Bertz CT molecular complexity index is 1500. The number of Topliss-reactive ketones (excluding diaryl/α,β-unsaturated/α-hetero) is 2. The van der Waals surface area contributed by atoms with Crippen LogP contribution in [0.3, 0.4) is 0 Å². The van der Waals surface area contributed by atoms with Crippen molar-refractivity contribution in [2.24, 2.45) is 5.92 Å². The number of allylic oxidation sites excluding steroid dienone is 2. The number of carbonyl (C=O) groups is 2. The molecule has 4 aromatic carbocycles. The van der Waals surface area contributed by atoms with E-state index >= 15 is 0 Å². The van der Waals surface area contributed by atoms with E-state index in [-0.39, 0.29) is 34.5 Å². The quantitative estimate of drug-likeness (QED) is 0.147. The normalized spacial score (nSPS) is 15.4. The summed E-state index contributed by atoms with van der Waals surface area (Å²) in [4.78, 5) is 27.2. The summed E-state index contributed by atoms with van der Waals surface area (Å²) >= 11 is 0. The maximum absolute atomic E-state index is 13.6. The van der Waals surface area contributed by atoms with Gasteiger partial charge in [-0.3, -0.25) is 9.59 Å². The van der Waals surface area contributed by atoms with Crippen LogP contribution in [0, 0.1) is 5.92 Å². The summed E-state index contributed by atoms with van der Waals surface area (Å²) in [6.07, 6.45) is 10.5. The third-order valence-electron chi connectivity index (χ3n) is 9.35. The zero-order valence-corrected chi connectivity index (χ0v) is 28.4. The van der Waals surface area contributed by atoms with Gasteiger partial charge in [0.2, 0.25) is 5.78 Å². The Labute approximate surface area is 279 Å². The van der Waals surface area contributed by atoms with Gasteiger partial charge in [0.05, 0.1) is 12.8 Å². The number of carbonyl (C=O) groups excluding carboxylic acids is 2. The maximum Gasteiger partial charge on any atom is 0.228 e. The van der Waals surface area contributed by atoms with E-state index in [9.17, 15) is 9.59 Å². The third-order valence-corrected chi connectivity index (χ3v) is 13.9. The molecule has 0 aliphatic heterocycles. The van der Waals surface area contributed by atoms with Gasteiger partial charge in [0, 0.05) is 16.7 Å². The molecule has 45 heavy (non-hydrogen) atoms. The number of fused-ring (bicyclic) bond motifs is 1. The van der Waals surface area contributed by atoms with E-state index in [2.05, 4.69) is 91.0 Å². The molecule has 0 aromatic heterocycles. The Morgan fingerprint density at radius 1 is 0.556 bits per heavy atom. The molecule has 2 aliphatic carbocycles. The van der Waals surface area contributed by atoms with Crippen LogP contribution in [-0.2, 0) is 4.74 Å². The number of unbranched alkanes of at least 4 members (excludes halogenated alkanes) is 3. The minimum atomic E-state index is -1.82. The van der Waals surface area contributed by atoms with Gasteiger partial charge in [0.1, 0.15) is 23.2 Å². The Morgan fingerprint density at radius 3 is 1.56 bits per heavy atom. The predicted molar refractivity (Wildman–Crippen MR) is 183 cm³/mol. The van der Waals surface area contributed by atoms with Crippen LogP contribution in [-0.4, -0.2) is 24.3 Å². The van der Waals surface area contributed by atoms with Crippen molar-refractivity contribution in [3.63, 3.8) is 0 Å². The first kappa shape index (κ1) is 33.0. The highest BCUT2D eigenvalue weighted by atomic mass is 79.9. The summed E-state index contributed by atoms with van der Waals surface area (Å²) in [5, 5.41) is 4.26. The topological polar surface area (TPSA) is 43.4 Å². The van der Waals surface area contributed by atoms with Crippen molar-refractivity contribution in [3.05, 3.63) is 138 Å². The van der Waals surface area contributed by atoms with E-state index in [1.54, 1.807) is 12.1 Å². The van der Waals surface area contributed by atoms with E-state index in [4.69, 9.17) is 4.74 Å². The standard InChI is InChI=1S/C40H42O3P.BrH/c41-38-35-27-15-16-28-36(35)39(42)40(37(38)31-19-7-3-8-20-31)43-29-17-1-2-18-30-44(32-21-9-4-10-22-32,33-23-11-5-12-24-33)34-25-13-6-14-26-34;/h4-6,9-16,21-28,31H,1-3,7-8,17-20,29-30H2;1H/q+1;/p-1. The summed E-state index contributed by atoms with van der Waals surface area (Å²) in [5.41, 5.74) is 1.65. The fourth-order valence-corrected chi connectivity index (χ4v) is 11.5. The first-order chi connectivity index (χ1) is 21.7. The lowest BCUT2D eigenvalue weighted by Gasteiger charge is -2.29. The summed E-state index contributed by atoms with van der Waals surface area (Å²) in [6.45, 7) is 0.461. The predicted octanol–water partition coefficient (Wildman–Crippen LogP) is 5.48. The van der Waals surface area contributed by atoms with Crippen LogP contribution in [0.15, 0.2) is 127 Å². The summed E-state index contributed by atoms with van der Waals surface area (Å²) in [5.74, 6) is 0.312. The number of benzene rings is 4. The van der Waals surface area contributed by atoms with E-state index in [1.165, 1.54) is 22.3 Å². The van der Waals surface area contributed by atoms with Crippen LogP contribution < -0.4 is 32.9 Å². The Kier molecular flexibility index (Phi) is 11.6. The molecular weight excluding hydrogens is 639 g/mol. The van der Waals surface area contributed by atoms with Crippen LogP contribution >= 0.6 is 7.26 Å². The largest absolute Gasteiger partial charge is 1.00 e. The molecule has 0 heterocycles. The second-order valence-corrected chi connectivity index (χ2v) is 15.7. The molecule has 0 saturated heterocycles. The van der Waals surface area contributed by atoms with Gasteiger partial charge in [0.15, 0.2) is 11.5 Å². The zero-order valence-electron chi connectivity index (χ0n) is 25.9. The fraction of sp³-hybridized carbons (Fsp3) is 0.300. The van der Waals surface area contributed by atoms with Crippen molar-refractivity contribution in [1.29, 1.82) is 0 Å². The Balaban J connectivity index is 0.00000400. The first-order valence-corrected chi connectivity index (χ1v) is 18.3. The monoisotopic (exact) mass is 680 g/mol. The van der Waals surface area contributed by atoms with Crippen molar-refractivity contribution < 1.29 is 31.3 Å². The molecule has 1 fully saturated rings. The number of ketones is 2. The van der Waals surface area contributed by atoms with Gasteiger partial charge in [-0.25, -0.2) is 0 Å². The molecule has 1 saturated carbocycles. The first-order valence-electron chi connectivity index (χ1n) is 16.3. The minimum Gasteiger partial charge on any atom is -1.00 e. The molecule has 232 valence electrons. The van der Waals surface area contributed by atoms with Crippen LogP contribution in [0.2, 0.25) is 0 Å². The molecule has 6 rings (SSSR count). The summed E-state index contributed by atoms with van der Waals surface area (Å²) in [7, 11) is -1.82. The lowest BCUT2D eigenvalue weighted by atomic mass is 9.76. The second kappa shape index (κ2) is 15.8. The molecule has 4 aromatic rings. The van der Waals surface area contributed by atoms with Crippen LogP contribution in [0.1, 0.15) is 78.5 Å². The minimum absolute atomic E-state index is 0. The molecular formula is C40H42BrO3P. The average molecular weight is 682 g/mol. The van der Waals surface area contributed by atoms with Crippen LogP contribution in [0.25, 0.3) is 0 Å². The van der Waals surface area contributed by atoms with Crippen molar-refractivity contribution in [1.82, 2.24) is 0 Å².